The summed E-state index contributed by atoms with van der Waals surface area (Å²) in [6.45, 7) is 5.93. The van der Waals surface area contributed by atoms with Crippen molar-refractivity contribution < 1.29 is 9.90 Å². The fraction of sp³-hybridized carbons (Fsp3) is 0.500. The van der Waals surface area contributed by atoms with Crippen LogP contribution in [0.4, 0.5) is 0 Å². The molecule has 1 aromatic rings. The van der Waals surface area contributed by atoms with Crippen LogP contribution in [-0.2, 0) is 4.79 Å². The number of hydrogen-bond acceptors (Lipinski definition) is 2. The molecule has 1 rings (SSSR count). The molecule has 4 heteroatoms. The number of carboxylic acids is 1. The number of hydrogen-bond donors (Lipinski definition) is 1. The highest BCUT2D eigenvalue weighted by Gasteiger charge is 2.24. The predicted molar refractivity (Wildman–Crippen MR) is 66.5 cm³/mol. The third kappa shape index (κ3) is 3.30. The molecule has 0 aliphatic heterocycles. The van der Waals surface area contributed by atoms with Gasteiger partial charge in [-0.2, -0.15) is 0 Å². The molecule has 0 saturated heterocycles. The molecule has 0 aliphatic rings. The van der Waals surface area contributed by atoms with Crippen LogP contribution in [-0.4, -0.2) is 16.1 Å². The molecule has 88 valence electrons. The zero-order valence-corrected chi connectivity index (χ0v) is 11.3. The highest BCUT2D eigenvalue weighted by atomic mass is 79.9. The van der Waals surface area contributed by atoms with Gasteiger partial charge in [0.15, 0.2) is 0 Å². The molecular formula is C12H16BrNO2. The lowest BCUT2D eigenvalue weighted by Gasteiger charge is -2.16. The number of carbonyl (C=O) groups is 1. The molecule has 16 heavy (non-hydrogen) atoms. The molecule has 1 aromatic heterocycles. The Balaban J connectivity index is 3.06. The van der Waals surface area contributed by atoms with Gasteiger partial charge >= 0.3 is 5.97 Å². The minimum Gasteiger partial charge on any atom is -0.481 e. The maximum Gasteiger partial charge on any atom is 0.312 e. The van der Waals surface area contributed by atoms with Crippen molar-refractivity contribution in [3.63, 3.8) is 0 Å². The van der Waals surface area contributed by atoms with Crippen molar-refractivity contribution in [1.82, 2.24) is 4.98 Å². The summed E-state index contributed by atoms with van der Waals surface area (Å²) in [6.07, 6.45) is 2.27. The normalized spacial score (nSPS) is 12.8. The Morgan fingerprint density at radius 3 is 2.62 bits per heavy atom. The Hall–Kier alpha value is -0.900. The second kappa shape index (κ2) is 5.43. The van der Waals surface area contributed by atoms with Gasteiger partial charge in [0.05, 0.1) is 11.6 Å². The molecule has 0 aromatic carbocycles. The van der Waals surface area contributed by atoms with Crippen molar-refractivity contribution in [1.29, 1.82) is 0 Å². The van der Waals surface area contributed by atoms with Gasteiger partial charge < -0.3 is 5.11 Å². The molecule has 1 unspecified atom stereocenters. The smallest absolute Gasteiger partial charge is 0.312 e. The number of nitrogens with zero attached hydrogens (tertiary/aromatic N) is 1. The van der Waals surface area contributed by atoms with Crippen LogP contribution < -0.4 is 0 Å². The first-order chi connectivity index (χ1) is 7.41. The summed E-state index contributed by atoms with van der Waals surface area (Å²) in [5, 5.41) is 9.22. The summed E-state index contributed by atoms with van der Waals surface area (Å²) in [6, 6.07) is 1.90. The number of aryl methyl sites for hydroxylation is 1. The number of halogens is 1. The van der Waals surface area contributed by atoms with Gasteiger partial charge in [-0.05, 0) is 46.8 Å². The van der Waals surface area contributed by atoms with Crippen LogP contribution >= 0.6 is 15.9 Å². The second-order valence-corrected chi connectivity index (χ2v) is 5.29. The van der Waals surface area contributed by atoms with Crippen molar-refractivity contribution in [2.24, 2.45) is 5.92 Å². The maximum absolute atomic E-state index is 11.2. The van der Waals surface area contributed by atoms with E-state index < -0.39 is 11.9 Å². The van der Waals surface area contributed by atoms with Crippen LogP contribution in [0.5, 0.6) is 0 Å². The average Bonchev–Trinajstić information content (AvgIpc) is 2.14. The molecular weight excluding hydrogens is 270 g/mol. The summed E-state index contributed by atoms with van der Waals surface area (Å²) >= 11 is 3.32. The Bertz CT molecular complexity index is 391. The number of pyridine rings is 1. The van der Waals surface area contributed by atoms with Gasteiger partial charge in [0.1, 0.15) is 0 Å². The maximum atomic E-state index is 11.2. The first kappa shape index (κ1) is 13.2. The van der Waals surface area contributed by atoms with Crippen molar-refractivity contribution >= 4 is 21.9 Å². The van der Waals surface area contributed by atoms with Crippen molar-refractivity contribution in [2.75, 3.05) is 0 Å². The quantitative estimate of drug-likeness (QED) is 0.923. The molecule has 1 atom stereocenters. The molecule has 0 amide bonds. The average molecular weight is 286 g/mol. The molecule has 0 saturated carbocycles. The van der Waals surface area contributed by atoms with Crippen LogP contribution in [0.15, 0.2) is 16.7 Å². The Morgan fingerprint density at radius 2 is 2.19 bits per heavy atom. The molecule has 0 spiro atoms. The van der Waals surface area contributed by atoms with E-state index in [9.17, 15) is 9.90 Å². The summed E-state index contributed by atoms with van der Waals surface area (Å²) < 4.78 is 0.877. The predicted octanol–water partition coefficient (Wildman–Crippen LogP) is 3.37. The van der Waals surface area contributed by atoms with Gasteiger partial charge in [-0.3, -0.25) is 9.78 Å². The van der Waals surface area contributed by atoms with E-state index in [0.29, 0.717) is 18.0 Å². The fourth-order valence-corrected chi connectivity index (χ4v) is 2.16. The van der Waals surface area contributed by atoms with Crippen LogP contribution in [0.25, 0.3) is 0 Å². The van der Waals surface area contributed by atoms with E-state index in [4.69, 9.17) is 0 Å². The third-order valence-electron chi connectivity index (χ3n) is 2.42. The Kier molecular flexibility index (Phi) is 4.47. The topological polar surface area (TPSA) is 50.2 Å². The molecule has 0 aliphatic carbocycles. The molecule has 3 nitrogen and oxygen atoms in total. The molecule has 1 heterocycles. The number of carboxylic acid groups (broad SMARTS) is 1. The van der Waals surface area contributed by atoms with Gasteiger partial charge in [-0.1, -0.05) is 13.8 Å². The minimum absolute atomic E-state index is 0.339. The van der Waals surface area contributed by atoms with E-state index >= 15 is 0 Å². The lowest BCUT2D eigenvalue weighted by molar-refractivity contribution is -0.139. The SMILES string of the molecule is Cc1cc(Br)cnc1C(CC(C)C)C(=O)O. The van der Waals surface area contributed by atoms with E-state index in [2.05, 4.69) is 20.9 Å². The lowest BCUT2D eigenvalue weighted by atomic mass is 9.92. The third-order valence-corrected chi connectivity index (χ3v) is 2.85. The fourth-order valence-electron chi connectivity index (χ4n) is 1.72. The van der Waals surface area contributed by atoms with Gasteiger partial charge in [0.2, 0.25) is 0 Å². The zero-order valence-electron chi connectivity index (χ0n) is 9.70. The molecule has 0 bridgehead atoms. The van der Waals surface area contributed by atoms with Crippen molar-refractivity contribution in [3.05, 3.63) is 28.0 Å². The lowest BCUT2D eigenvalue weighted by Crippen LogP contribution is -2.16. The van der Waals surface area contributed by atoms with Crippen LogP contribution in [0.2, 0.25) is 0 Å². The van der Waals surface area contributed by atoms with E-state index in [-0.39, 0.29) is 0 Å². The van der Waals surface area contributed by atoms with Crippen LogP contribution in [0.1, 0.15) is 37.4 Å². The largest absolute Gasteiger partial charge is 0.481 e. The summed E-state index contributed by atoms with van der Waals surface area (Å²) in [7, 11) is 0. The number of aromatic nitrogens is 1. The van der Waals surface area contributed by atoms with Crippen LogP contribution in [0.3, 0.4) is 0 Å². The van der Waals surface area contributed by atoms with Crippen LogP contribution in [0, 0.1) is 12.8 Å². The zero-order chi connectivity index (χ0) is 12.3. The first-order valence-electron chi connectivity index (χ1n) is 5.26. The van der Waals surface area contributed by atoms with Gasteiger partial charge in [0, 0.05) is 10.7 Å². The van der Waals surface area contributed by atoms with Gasteiger partial charge in [-0.15, -0.1) is 0 Å². The minimum atomic E-state index is -0.799. The van der Waals surface area contributed by atoms with Gasteiger partial charge in [-0.25, -0.2) is 0 Å². The van der Waals surface area contributed by atoms with Crippen molar-refractivity contribution in [2.45, 2.75) is 33.1 Å². The second-order valence-electron chi connectivity index (χ2n) is 4.38. The van der Waals surface area contributed by atoms with Crippen molar-refractivity contribution in [3.8, 4) is 0 Å². The summed E-state index contributed by atoms with van der Waals surface area (Å²) in [5.74, 6) is -0.967. The monoisotopic (exact) mass is 285 g/mol. The highest BCUT2D eigenvalue weighted by molar-refractivity contribution is 9.10. The van der Waals surface area contributed by atoms with E-state index in [1.54, 1.807) is 6.20 Å². The molecule has 0 fully saturated rings. The molecule has 0 radical (unpaired) electrons. The number of aliphatic carboxylic acids is 1. The summed E-state index contributed by atoms with van der Waals surface area (Å²) in [5.41, 5.74) is 1.59. The van der Waals surface area contributed by atoms with E-state index in [0.717, 1.165) is 10.0 Å². The highest BCUT2D eigenvalue weighted by Crippen LogP contribution is 2.26. The summed E-state index contributed by atoms with van der Waals surface area (Å²) in [4.78, 5) is 15.4. The van der Waals surface area contributed by atoms with E-state index in [1.165, 1.54) is 0 Å². The standard InChI is InChI=1S/C12H16BrNO2/c1-7(2)4-10(12(15)16)11-8(3)5-9(13)6-14-11/h5-7,10H,4H2,1-3H3,(H,15,16). The first-order valence-corrected chi connectivity index (χ1v) is 6.06. The number of rotatable bonds is 4. The molecule has 1 N–H and O–H groups in total. The Labute approximate surface area is 104 Å². The van der Waals surface area contributed by atoms with E-state index in [1.807, 2.05) is 26.8 Å². The Morgan fingerprint density at radius 1 is 1.56 bits per heavy atom. The van der Waals surface area contributed by atoms with Gasteiger partial charge in [0.25, 0.3) is 0 Å².